The highest BCUT2D eigenvalue weighted by Gasteiger charge is 2.39. The minimum Gasteiger partial charge on any atom is -0.465 e. The fourth-order valence-corrected chi connectivity index (χ4v) is 6.33. The van der Waals surface area contributed by atoms with Crippen molar-refractivity contribution in [2.24, 2.45) is 5.41 Å². The molecule has 3 rings (SSSR count). The van der Waals surface area contributed by atoms with E-state index < -0.39 is 17.9 Å². The summed E-state index contributed by atoms with van der Waals surface area (Å²) in [5, 5.41) is 19.9. The highest BCUT2D eigenvalue weighted by molar-refractivity contribution is 6.40. The first kappa shape index (κ1) is 36.4. The number of anilines is 1. The number of likely N-dealkylation sites (tertiary alicyclic amines) is 1. The lowest BCUT2D eigenvalue weighted by Gasteiger charge is -2.44. The quantitative estimate of drug-likeness (QED) is 0.174. The summed E-state index contributed by atoms with van der Waals surface area (Å²) < 4.78 is 1.11. The average molecular weight is 665 g/mol. The van der Waals surface area contributed by atoms with Crippen LogP contribution in [0.1, 0.15) is 130 Å². The maximum atomic E-state index is 13.6. The number of unbranched alkanes of at least 4 members (excludes halogenated alkanes) is 8. The van der Waals surface area contributed by atoms with Gasteiger partial charge in [0.1, 0.15) is 0 Å². The van der Waals surface area contributed by atoms with Crippen LogP contribution in [0.25, 0.3) is 0 Å². The van der Waals surface area contributed by atoms with Crippen molar-refractivity contribution in [3.63, 3.8) is 0 Å². The van der Waals surface area contributed by atoms with Crippen LogP contribution in [0.3, 0.4) is 0 Å². The lowest BCUT2D eigenvalue weighted by atomic mass is 9.79. The molecule has 2 unspecified atom stereocenters. The maximum absolute atomic E-state index is 13.6. The zero-order valence-electron chi connectivity index (χ0n) is 26.8. The van der Waals surface area contributed by atoms with Crippen LogP contribution in [0.15, 0.2) is 24.4 Å². The Morgan fingerprint density at radius 1 is 0.956 bits per heavy atom. The average Bonchev–Trinajstić information content (AvgIpc) is 3.39. The third-order valence-corrected chi connectivity index (χ3v) is 8.93. The molecule has 0 radical (unpaired) electrons. The second-order valence-electron chi connectivity index (χ2n) is 12.9. The van der Waals surface area contributed by atoms with Gasteiger partial charge < -0.3 is 20.6 Å². The van der Waals surface area contributed by atoms with E-state index in [0.717, 1.165) is 23.9 Å². The second-order valence-corrected chi connectivity index (χ2v) is 13.7. The maximum Gasteiger partial charge on any atom is 0.407 e. The molecule has 0 aliphatic carbocycles. The molecule has 1 aliphatic rings. The van der Waals surface area contributed by atoms with Crippen LogP contribution in [-0.4, -0.2) is 62.2 Å². The van der Waals surface area contributed by atoms with Gasteiger partial charge in [0.15, 0.2) is 5.69 Å². The highest BCUT2D eigenvalue weighted by atomic mass is 35.5. The summed E-state index contributed by atoms with van der Waals surface area (Å²) in [7, 11) is 0. The van der Waals surface area contributed by atoms with E-state index in [1.54, 1.807) is 6.07 Å². The van der Waals surface area contributed by atoms with Gasteiger partial charge in [-0.15, -0.1) is 0 Å². The number of amides is 3. The number of carboxylic acid groups (broad SMARTS) is 1. The van der Waals surface area contributed by atoms with Crippen LogP contribution >= 0.6 is 23.2 Å². The Kier molecular flexibility index (Phi) is 13.7. The van der Waals surface area contributed by atoms with Gasteiger partial charge in [0, 0.05) is 25.0 Å². The van der Waals surface area contributed by atoms with Crippen LogP contribution in [0.4, 0.5) is 10.5 Å². The van der Waals surface area contributed by atoms with Gasteiger partial charge in [0.25, 0.3) is 11.8 Å². The van der Waals surface area contributed by atoms with Crippen LogP contribution in [0.5, 0.6) is 0 Å². The zero-order valence-corrected chi connectivity index (χ0v) is 28.3. The lowest BCUT2D eigenvalue weighted by molar-refractivity contribution is 0.0470. The number of aromatic nitrogens is 2. The van der Waals surface area contributed by atoms with Gasteiger partial charge in [-0.05, 0) is 36.8 Å². The largest absolute Gasteiger partial charge is 0.465 e. The van der Waals surface area contributed by atoms with Gasteiger partial charge in [-0.1, -0.05) is 108 Å². The van der Waals surface area contributed by atoms with E-state index in [9.17, 15) is 24.3 Å². The Morgan fingerprint density at radius 3 is 2.13 bits per heavy atom. The number of rotatable bonds is 14. The fourth-order valence-electron chi connectivity index (χ4n) is 5.76. The van der Waals surface area contributed by atoms with Crippen molar-refractivity contribution < 1.29 is 24.3 Å². The van der Waals surface area contributed by atoms with Gasteiger partial charge in [0.2, 0.25) is 5.91 Å². The molecule has 3 N–H and O–H groups in total. The van der Waals surface area contributed by atoms with E-state index in [2.05, 4.69) is 22.7 Å². The number of hydrogen-bond donors (Lipinski definition) is 3. The number of nitrogens with one attached hydrogen (secondary N) is 2. The Bertz CT molecular complexity index is 1320. The molecule has 0 bridgehead atoms. The topological polar surface area (TPSA) is 134 Å². The molecule has 0 spiro atoms. The molecule has 2 aromatic rings. The van der Waals surface area contributed by atoms with Crippen molar-refractivity contribution in [2.75, 3.05) is 11.9 Å². The number of halogens is 2. The first-order valence-electron chi connectivity index (χ1n) is 16.0. The van der Waals surface area contributed by atoms with Crippen LogP contribution in [0.2, 0.25) is 10.0 Å². The van der Waals surface area contributed by atoms with Gasteiger partial charge in [-0.2, -0.15) is 5.10 Å². The monoisotopic (exact) mass is 663 g/mol. The van der Waals surface area contributed by atoms with Crippen LogP contribution < -0.4 is 10.6 Å². The minimum absolute atomic E-state index is 0.0371. The van der Waals surface area contributed by atoms with Crippen molar-refractivity contribution in [1.82, 2.24) is 20.0 Å². The summed E-state index contributed by atoms with van der Waals surface area (Å²) in [4.78, 5) is 53.2. The summed E-state index contributed by atoms with van der Waals surface area (Å²) in [5.41, 5.74) is -0.391. The lowest BCUT2D eigenvalue weighted by Crippen LogP contribution is -2.56. The first-order chi connectivity index (χ1) is 21.3. The second kappa shape index (κ2) is 17.0. The molecule has 248 valence electrons. The molecule has 12 heteroatoms. The molecule has 2 heterocycles. The number of carbonyl (C=O) groups is 4. The standard InChI is InChI=1S/C33H47Cl2N5O5/c1-5-6-7-8-9-10-11-12-13-17-27(41)40-21-25(37-30(42)28-23(34)15-14-16-24(28)35)29(38-40)31(43)36-22-18-19-39(32(44)45)26(20-22)33(2,3)4/h14-16,21-22,26H,5-13,17-20H2,1-4H3,(H,36,43)(H,37,42)(H,44,45). The van der Waals surface area contributed by atoms with E-state index in [1.165, 1.54) is 55.3 Å². The van der Waals surface area contributed by atoms with E-state index >= 15 is 0 Å². The smallest absolute Gasteiger partial charge is 0.407 e. The first-order valence-corrected chi connectivity index (χ1v) is 16.8. The molecule has 3 amide bonds. The summed E-state index contributed by atoms with van der Waals surface area (Å²) >= 11 is 12.5. The summed E-state index contributed by atoms with van der Waals surface area (Å²) in [5.74, 6) is -1.51. The zero-order chi connectivity index (χ0) is 33.1. The van der Waals surface area contributed by atoms with Crippen LogP contribution in [0, 0.1) is 5.41 Å². The molecule has 1 aliphatic heterocycles. The molecule has 1 aromatic carbocycles. The van der Waals surface area contributed by atoms with E-state index in [-0.39, 0.29) is 63.4 Å². The summed E-state index contributed by atoms with van der Waals surface area (Å²) in [6, 6.07) is 4.03. The predicted octanol–water partition coefficient (Wildman–Crippen LogP) is 8.29. The van der Waals surface area contributed by atoms with Crippen LogP contribution in [-0.2, 0) is 0 Å². The Morgan fingerprint density at radius 2 is 1.56 bits per heavy atom. The predicted molar refractivity (Wildman–Crippen MR) is 178 cm³/mol. The third-order valence-electron chi connectivity index (χ3n) is 8.30. The Balaban J connectivity index is 1.74. The molecule has 10 nitrogen and oxygen atoms in total. The Hall–Kier alpha value is -3.11. The SMILES string of the molecule is CCCCCCCCCCCC(=O)n1cc(NC(=O)c2c(Cl)cccc2Cl)c(C(=O)NC2CCN(C(=O)O)C(C(C)(C)C)C2)n1. The van der Waals surface area contributed by atoms with Crippen molar-refractivity contribution in [3.05, 3.63) is 45.7 Å². The molecule has 2 atom stereocenters. The van der Waals surface area contributed by atoms with E-state index in [0.29, 0.717) is 19.3 Å². The molecule has 45 heavy (non-hydrogen) atoms. The van der Waals surface area contributed by atoms with Crippen molar-refractivity contribution >= 4 is 52.7 Å². The summed E-state index contributed by atoms with van der Waals surface area (Å²) in [6.45, 7) is 8.36. The molecule has 0 saturated carbocycles. The van der Waals surface area contributed by atoms with Crippen molar-refractivity contribution in [3.8, 4) is 0 Å². The molecule has 1 fully saturated rings. The summed E-state index contributed by atoms with van der Waals surface area (Å²) in [6.07, 6.45) is 11.5. The number of nitrogens with zero attached hydrogens (tertiary/aromatic N) is 3. The van der Waals surface area contributed by atoms with E-state index in [1.807, 2.05) is 20.8 Å². The molecular formula is C33H47Cl2N5O5. The normalized spacial score (nSPS) is 16.8. The molecule has 1 saturated heterocycles. The Labute approximate surface area is 276 Å². The van der Waals surface area contributed by atoms with Crippen molar-refractivity contribution in [1.29, 1.82) is 0 Å². The van der Waals surface area contributed by atoms with Gasteiger partial charge in [0.05, 0.1) is 27.5 Å². The third kappa shape index (κ3) is 10.5. The minimum atomic E-state index is -0.993. The number of piperidine rings is 1. The molecule has 1 aromatic heterocycles. The van der Waals surface area contributed by atoms with Gasteiger partial charge >= 0.3 is 6.09 Å². The highest BCUT2D eigenvalue weighted by Crippen LogP contribution is 2.32. The molecular weight excluding hydrogens is 617 g/mol. The van der Waals surface area contributed by atoms with Gasteiger partial charge in [-0.25, -0.2) is 9.48 Å². The number of benzene rings is 1. The number of carbonyl (C=O) groups excluding carboxylic acids is 3. The van der Waals surface area contributed by atoms with E-state index in [4.69, 9.17) is 23.2 Å². The number of hydrogen-bond acceptors (Lipinski definition) is 5. The fraction of sp³-hybridized carbons (Fsp3) is 0.606. The van der Waals surface area contributed by atoms with Gasteiger partial charge in [-0.3, -0.25) is 14.4 Å². The van der Waals surface area contributed by atoms with Crippen molar-refractivity contribution in [2.45, 2.75) is 117 Å².